The summed E-state index contributed by atoms with van der Waals surface area (Å²) in [5.74, 6) is 0.117. The van der Waals surface area contributed by atoms with E-state index < -0.39 is 0 Å². The molecule has 0 saturated carbocycles. The van der Waals surface area contributed by atoms with E-state index >= 15 is 0 Å². The number of ketones is 1. The molecule has 2 heteroatoms. The van der Waals surface area contributed by atoms with Crippen molar-refractivity contribution < 1.29 is 37.5 Å². The molecule has 1 aromatic rings. The van der Waals surface area contributed by atoms with Gasteiger partial charge in [-0.25, -0.2) is 0 Å². The summed E-state index contributed by atoms with van der Waals surface area (Å²) >= 11 is 0. The Hall–Kier alpha value is -0.00610. The fourth-order valence-corrected chi connectivity index (χ4v) is 0.909. The molecule has 63 valence electrons. The minimum Gasteiger partial charge on any atom is -0.358 e. The van der Waals surface area contributed by atoms with Crippen LogP contribution in [0.15, 0.2) is 18.2 Å². The van der Waals surface area contributed by atoms with Crippen LogP contribution in [0.3, 0.4) is 0 Å². The van der Waals surface area contributed by atoms with Crippen LogP contribution in [0.25, 0.3) is 0 Å². The summed E-state index contributed by atoms with van der Waals surface area (Å²) in [6, 6.07) is 8.26. The normalized spacial score (nSPS) is 7.83. The Morgan fingerprint density at radius 1 is 1.50 bits per heavy atom. The fourth-order valence-electron chi connectivity index (χ4n) is 0.909. The molecule has 1 aromatic carbocycles. The molecule has 0 amide bonds. The Balaban J connectivity index is 0. The average Bonchev–Trinajstić information content (AvgIpc) is 1.88. The summed E-state index contributed by atoms with van der Waals surface area (Å²) in [5.41, 5.74) is 1.79. The van der Waals surface area contributed by atoms with Crippen LogP contribution in [0.5, 0.6) is 0 Å². The molecule has 0 saturated heterocycles. The molecule has 0 aromatic heterocycles. The maximum absolute atomic E-state index is 10.9. The molecule has 0 fully saturated rings. The fraction of sp³-hybridized carbons (Fsp3) is 0.200. The third-order valence-corrected chi connectivity index (χ3v) is 1.45. The topological polar surface area (TPSA) is 17.1 Å². The standard InChI is InChI=1S/C9H9O.CH3.Y/c1-7-5-3-4-6-9(7)8(2)10;;/h4-6H,1-2H3;1H3;/q2*-1;. The zero-order valence-corrected chi connectivity index (χ0v) is 10.6. The van der Waals surface area contributed by atoms with Crippen molar-refractivity contribution in [3.63, 3.8) is 0 Å². The molecule has 0 spiro atoms. The Morgan fingerprint density at radius 2 is 2.08 bits per heavy atom. The molecule has 0 aliphatic heterocycles. The van der Waals surface area contributed by atoms with Gasteiger partial charge in [0.2, 0.25) is 0 Å². The predicted octanol–water partition coefficient (Wildman–Crippen LogP) is 2.45. The van der Waals surface area contributed by atoms with Crippen LogP contribution >= 0.6 is 0 Å². The van der Waals surface area contributed by atoms with Crippen LogP contribution in [0.1, 0.15) is 22.8 Å². The molecule has 1 nitrogen and oxygen atoms in total. The van der Waals surface area contributed by atoms with Gasteiger partial charge in [0, 0.05) is 32.7 Å². The molecule has 0 N–H and O–H groups in total. The maximum atomic E-state index is 10.9. The largest absolute Gasteiger partial charge is 0.358 e. The summed E-state index contributed by atoms with van der Waals surface area (Å²) < 4.78 is 0. The predicted molar refractivity (Wildman–Crippen MR) is 46.4 cm³/mol. The van der Waals surface area contributed by atoms with E-state index in [1.165, 1.54) is 0 Å². The molecular weight excluding hydrogens is 225 g/mol. The van der Waals surface area contributed by atoms with Crippen molar-refractivity contribution in [1.82, 2.24) is 0 Å². The van der Waals surface area contributed by atoms with E-state index in [1.807, 2.05) is 13.0 Å². The van der Waals surface area contributed by atoms with Crippen LogP contribution in [-0.2, 0) is 32.7 Å². The molecule has 1 rings (SSSR count). The van der Waals surface area contributed by atoms with Gasteiger partial charge in [0.05, 0.1) is 0 Å². The van der Waals surface area contributed by atoms with Gasteiger partial charge in [0.1, 0.15) is 5.78 Å². The van der Waals surface area contributed by atoms with Gasteiger partial charge in [0.15, 0.2) is 0 Å². The monoisotopic (exact) mass is 237 g/mol. The second-order valence-corrected chi connectivity index (χ2v) is 2.30. The first kappa shape index (κ1) is 14.5. The summed E-state index contributed by atoms with van der Waals surface area (Å²) in [7, 11) is 0. The molecule has 0 atom stereocenters. The first-order chi connectivity index (χ1) is 4.72. The van der Waals surface area contributed by atoms with E-state index in [9.17, 15) is 4.79 Å². The van der Waals surface area contributed by atoms with Gasteiger partial charge in [-0.2, -0.15) is 24.3 Å². The number of hydrogen-bond donors (Lipinski definition) is 0. The summed E-state index contributed by atoms with van der Waals surface area (Å²) in [6.07, 6.45) is 0. The van der Waals surface area contributed by atoms with Crippen molar-refractivity contribution in [2.45, 2.75) is 13.8 Å². The van der Waals surface area contributed by atoms with E-state index in [0.29, 0.717) is 0 Å². The van der Waals surface area contributed by atoms with Crippen LogP contribution in [0, 0.1) is 20.4 Å². The maximum Gasteiger partial charge on any atom is 0.136 e. The third-order valence-electron chi connectivity index (χ3n) is 1.45. The third kappa shape index (κ3) is 3.60. The van der Waals surface area contributed by atoms with Crippen molar-refractivity contribution in [1.29, 1.82) is 0 Å². The SMILES string of the molecule is CC(=O)c1cc[c-]cc1C.[CH3-].[Y]. The van der Waals surface area contributed by atoms with E-state index in [0.717, 1.165) is 11.1 Å². The van der Waals surface area contributed by atoms with Gasteiger partial charge < -0.3 is 7.43 Å². The van der Waals surface area contributed by atoms with Gasteiger partial charge in [-0.05, 0) is 6.92 Å². The quantitative estimate of drug-likeness (QED) is 0.541. The molecule has 0 unspecified atom stereocenters. The first-order valence-corrected chi connectivity index (χ1v) is 3.19. The molecular formula is C10H12OY-2. The summed E-state index contributed by atoms with van der Waals surface area (Å²) in [6.45, 7) is 3.48. The van der Waals surface area contributed by atoms with Crippen LogP contribution in [-0.4, -0.2) is 5.78 Å². The first-order valence-electron chi connectivity index (χ1n) is 3.19. The number of carbonyl (C=O) groups excluding carboxylic acids is 1. The molecule has 0 aliphatic rings. The second-order valence-electron chi connectivity index (χ2n) is 2.30. The number of rotatable bonds is 1. The molecule has 12 heavy (non-hydrogen) atoms. The number of benzene rings is 1. The van der Waals surface area contributed by atoms with E-state index in [2.05, 4.69) is 6.07 Å². The number of aryl methyl sites for hydroxylation is 1. The summed E-state index contributed by atoms with van der Waals surface area (Å²) in [5, 5.41) is 0. The van der Waals surface area contributed by atoms with Crippen LogP contribution in [0.2, 0.25) is 0 Å². The Kier molecular flexibility index (Phi) is 7.87. The summed E-state index contributed by atoms with van der Waals surface area (Å²) in [4.78, 5) is 10.9. The van der Waals surface area contributed by atoms with Gasteiger partial charge >= 0.3 is 0 Å². The number of carbonyl (C=O) groups is 1. The van der Waals surface area contributed by atoms with E-state index in [1.54, 1.807) is 19.1 Å². The van der Waals surface area contributed by atoms with Crippen molar-refractivity contribution >= 4 is 5.78 Å². The van der Waals surface area contributed by atoms with Crippen molar-refractivity contribution in [2.75, 3.05) is 0 Å². The molecule has 0 aliphatic carbocycles. The number of Topliss-reactive ketones (excluding diaryl/α,β-unsaturated/α-hetero) is 1. The Bertz CT molecular complexity index is 256. The number of hydrogen-bond acceptors (Lipinski definition) is 1. The Labute approximate surface area is 99.4 Å². The van der Waals surface area contributed by atoms with Crippen LogP contribution < -0.4 is 0 Å². The van der Waals surface area contributed by atoms with Crippen molar-refractivity contribution in [2.24, 2.45) is 0 Å². The van der Waals surface area contributed by atoms with Gasteiger partial charge in [-0.15, -0.1) is 5.56 Å². The smallest absolute Gasteiger partial charge is 0.136 e. The average molecular weight is 237 g/mol. The van der Waals surface area contributed by atoms with E-state index in [4.69, 9.17) is 0 Å². The van der Waals surface area contributed by atoms with E-state index in [-0.39, 0.29) is 45.9 Å². The zero-order chi connectivity index (χ0) is 7.56. The van der Waals surface area contributed by atoms with Gasteiger partial charge in [0.25, 0.3) is 0 Å². The Morgan fingerprint density at radius 3 is 2.42 bits per heavy atom. The minimum absolute atomic E-state index is 0. The zero-order valence-electron chi connectivity index (χ0n) is 7.72. The van der Waals surface area contributed by atoms with Crippen LogP contribution in [0.4, 0.5) is 0 Å². The second kappa shape index (κ2) is 6.50. The molecule has 0 bridgehead atoms. The molecule has 0 heterocycles. The van der Waals surface area contributed by atoms with Crippen molar-refractivity contribution in [3.05, 3.63) is 42.8 Å². The van der Waals surface area contributed by atoms with Gasteiger partial charge in [-0.3, -0.25) is 4.79 Å². The molecule has 1 radical (unpaired) electrons. The van der Waals surface area contributed by atoms with Crippen molar-refractivity contribution in [3.8, 4) is 0 Å². The minimum atomic E-state index is 0. The van der Waals surface area contributed by atoms with Gasteiger partial charge in [-0.1, -0.05) is 12.5 Å².